The quantitative estimate of drug-likeness (QED) is 0.574. The van der Waals surface area contributed by atoms with E-state index in [2.05, 4.69) is 26.1 Å². The van der Waals surface area contributed by atoms with Crippen LogP contribution in [0.25, 0.3) is 0 Å². The van der Waals surface area contributed by atoms with Crippen LogP contribution in [0, 0.1) is 0 Å². The van der Waals surface area contributed by atoms with Crippen LogP contribution in [-0.4, -0.2) is 12.1 Å². The van der Waals surface area contributed by atoms with Gasteiger partial charge in [0.25, 0.3) is 0 Å². The fraction of sp³-hybridized carbons (Fsp3) is 0.400. The first kappa shape index (κ1) is 22.9. The topological polar surface area (TPSA) is 30.5 Å². The predicted octanol–water partition coefficient (Wildman–Crippen LogP) is 6.28. The van der Waals surface area contributed by atoms with E-state index >= 15 is 0 Å². The molecule has 0 aromatic heterocycles. The molecule has 0 saturated carbocycles. The molecule has 1 N–H and O–H groups in total. The average Bonchev–Trinajstić information content (AvgIpc) is 2.53. The number of benzene rings is 2. The molecule has 0 aliphatic rings. The Hall–Kier alpha value is -1.13. The molecule has 0 saturated heterocycles. The molecule has 6 heteroatoms. The Morgan fingerprint density at radius 1 is 1.00 bits per heavy atom. The van der Waals surface area contributed by atoms with E-state index in [-0.39, 0.29) is 17.9 Å². The molecule has 0 atom stereocenters. The van der Waals surface area contributed by atoms with Crippen molar-refractivity contribution in [3.05, 3.63) is 57.6 Å². The van der Waals surface area contributed by atoms with E-state index in [1.807, 2.05) is 43.3 Å². The van der Waals surface area contributed by atoms with Crippen LogP contribution in [0.2, 0.25) is 10.0 Å². The summed E-state index contributed by atoms with van der Waals surface area (Å²) in [5, 5.41) is 4.65. The second kappa shape index (κ2) is 10.3. The van der Waals surface area contributed by atoms with Gasteiger partial charge < -0.3 is 14.8 Å². The molecule has 26 heavy (non-hydrogen) atoms. The van der Waals surface area contributed by atoms with Gasteiger partial charge in [0.05, 0.1) is 11.6 Å². The second-order valence-corrected chi connectivity index (χ2v) is 7.64. The van der Waals surface area contributed by atoms with E-state index in [9.17, 15) is 0 Å². The van der Waals surface area contributed by atoms with Gasteiger partial charge in [-0.3, -0.25) is 0 Å². The highest BCUT2D eigenvalue weighted by atomic mass is 35.5. The van der Waals surface area contributed by atoms with Crippen molar-refractivity contribution in [2.75, 3.05) is 6.61 Å². The van der Waals surface area contributed by atoms with Crippen molar-refractivity contribution in [1.82, 2.24) is 5.32 Å². The average molecular weight is 419 g/mol. The molecule has 3 nitrogen and oxygen atoms in total. The first-order chi connectivity index (χ1) is 11.8. The summed E-state index contributed by atoms with van der Waals surface area (Å²) in [6.45, 7) is 9.88. The number of halogens is 3. The van der Waals surface area contributed by atoms with Crippen molar-refractivity contribution in [3.8, 4) is 11.5 Å². The maximum Gasteiger partial charge on any atom is 0.180 e. The first-order valence-corrected chi connectivity index (χ1v) is 9.12. The van der Waals surface area contributed by atoms with Crippen LogP contribution in [-0.2, 0) is 13.2 Å². The van der Waals surface area contributed by atoms with E-state index in [1.165, 1.54) is 0 Å². The molecule has 0 amide bonds. The Kier molecular flexibility index (Phi) is 9.05. The lowest BCUT2D eigenvalue weighted by Crippen LogP contribution is -2.35. The third-order valence-electron chi connectivity index (χ3n) is 3.52. The van der Waals surface area contributed by atoms with E-state index in [0.717, 1.165) is 11.1 Å². The number of hydrogen-bond acceptors (Lipinski definition) is 3. The van der Waals surface area contributed by atoms with Gasteiger partial charge in [0.15, 0.2) is 11.5 Å². The molecule has 144 valence electrons. The summed E-state index contributed by atoms with van der Waals surface area (Å²) in [5.41, 5.74) is 1.98. The predicted molar refractivity (Wildman–Crippen MR) is 112 cm³/mol. The van der Waals surface area contributed by atoms with Crippen molar-refractivity contribution >= 4 is 35.6 Å². The zero-order valence-corrected chi connectivity index (χ0v) is 17.9. The standard InChI is InChI=1S/C20H25Cl2NO2.ClH/c1-5-24-18-11-14(12-23-20(2,3)4)10-17(22)19(18)25-13-15-8-6-7-9-16(15)21;/h6-11,23H,5,12-13H2,1-4H3;1H. The van der Waals surface area contributed by atoms with Crippen molar-refractivity contribution < 1.29 is 9.47 Å². The highest BCUT2D eigenvalue weighted by molar-refractivity contribution is 6.32. The Morgan fingerprint density at radius 3 is 2.31 bits per heavy atom. The van der Waals surface area contributed by atoms with Gasteiger partial charge in [0.2, 0.25) is 0 Å². The molecule has 0 radical (unpaired) electrons. The number of nitrogens with one attached hydrogen (secondary N) is 1. The van der Waals surface area contributed by atoms with Crippen LogP contribution in [0.15, 0.2) is 36.4 Å². The number of hydrogen-bond donors (Lipinski definition) is 1. The Balaban J connectivity index is 0.00000338. The first-order valence-electron chi connectivity index (χ1n) is 8.36. The third kappa shape index (κ3) is 6.88. The van der Waals surface area contributed by atoms with Crippen LogP contribution in [0.3, 0.4) is 0 Å². The van der Waals surface area contributed by atoms with Crippen LogP contribution in [0.1, 0.15) is 38.8 Å². The van der Waals surface area contributed by atoms with Crippen LogP contribution in [0.5, 0.6) is 11.5 Å². The lowest BCUT2D eigenvalue weighted by molar-refractivity contribution is 0.269. The van der Waals surface area contributed by atoms with E-state index in [0.29, 0.717) is 41.3 Å². The highest BCUT2D eigenvalue weighted by Gasteiger charge is 2.15. The van der Waals surface area contributed by atoms with Crippen LogP contribution < -0.4 is 14.8 Å². The minimum atomic E-state index is 0. The molecule has 0 bridgehead atoms. The minimum Gasteiger partial charge on any atom is -0.490 e. The summed E-state index contributed by atoms with van der Waals surface area (Å²) >= 11 is 12.6. The smallest absolute Gasteiger partial charge is 0.180 e. The summed E-state index contributed by atoms with van der Waals surface area (Å²) in [6, 6.07) is 11.5. The molecule has 0 aliphatic heterocycles. The van der Waals surface area contributed by atoms with Crippen molar-refractivity contribution in [1.29, 1.82) is 0 Å². The number of rotatable bonds is 7. The summed E-state index contributed by atoms with van der Waals surface area (Å²) in [5.74, 6) is 1.19. The van der Waals surface area contributed by atoms with Gasteiger partial charge in [-0.05, 0) is 51.5 Å². The van der Waals surface area contributed by atoms with Gasteiger partial charge in [0.1, 0.15) is 6.61 Å². The maximum atomic E-state index is 6.46. The van der Waals surface area contributed by atoms with Gasteiger partial charge in [-0.15, -0.1) is 12.4 Å². The zero-order valence-electron chi connectivity index (χ0n) is 15.6. The molecule has 0 unspecified atom stereocenters. The zero-order chi connectivity index (χ0) is 18.4. The fourth-order valence-corrected chi connectivity index (χ4v) is 2.74. The summed E-state index contributed by atoms with van der Waals surface area (Å²) < 4.78 is 11.7. The molecule has 2 rings (SSSR count). The lowest BCUT2D eigenvalue weighted by atomic mass is 10.1. The number of ether oxygens (including phenoxy) is 2. The normalized spacial score (nSPS) is 11.0. The van der Waals surface area contributed by atoms with Crippen LogP contribution >= 0.6 is 35.6 Å². The lowest BCUT2D eigenvalue weighted by Gasteiger charge is -2.21. The molecule has 0 heterocycles. The van der Waals surface area contributed by atoms with Gasteiger partial charge >= 0.3 is 0 Å². The van der Waals surface area contributed by atoms with E-state index in [4.69, 9.17) is 32.7 Å². The largest absolute Gasteiger partial charge is 0.490 e. The Labute approximate surface area is 172 Å². The molecule has 0 fully saturated rings. The van der Waals surface area contributed by atoms with E-state index < -0.39 is 0 Å². The van der Waals surface area contributed by atoms with Crippen molar-refractivity contribution in [2.45, 2.75) is 46.4 Å². The monoisotopic (exact) mass is 417 g/mol. The van der Waals surface area contributed by atoms with E-state index in [1.54, 1.807) is 0 Å². The van der Waals surface area contributed by atoms with Gasteiger partial charge in [-0.1, -0.05) is 41.4 Å². The Morgan fingerprint density at radius 2 is 1.69 bits per heavy atom. The minimum absolute atomic E-state index is 0. The second-order valence-electron chi connectivity index (χ2n) is 6.82. The highest BCUT2D eigenvalue weighted by Crippen LogP contribution is 2.37. The molecular weight excluding hydrogens is 393 g/mol. The summed E-state index contributed by atoms with van der Waals surface area (Å²) in [4.78, 5) is 0. The van der Waals surface area contributed by atoms with Crippen LogP contribution in [0.4, 0.5) is 0 Å². The summed E-state index contributed by atoms with van der Waals surface area (Å²) in [6.07, 6.45) is 0. The molecule has 2 aromatic rings. The maximum absolute atomic E-state index is 6.46. The molecular formula is C20H26Cl3NO2. The fourth-order valence-electron chi connectivity index (χ4n) is 2.26. The summed E-state index contributed by atoms with van der Waals surface area (Å²) in [7, 11) is 0. The van der Waals surface area contributed by atoms with Gasteiger partial charge in [-0.25, -0.2) is 0 Å². The SMILES string of the molecule is CCOc1cc(CNC(C)(C)C)cc(Cl)c1OCc1ccccc1Cl.Cl. The molecule has 0 aliphatic carbocycles. The van der Waals surface area contributed by atoms with Crippen molar-refractivity contribution in [3.63, 3.8) is 0 Å². The Bertz CT molecular complexity index is 715. The third-order valence-corrected chi connectivity index (χ3v) is 4.17. The van der Waals surface area contributed by atoms with Crippen molar-refractivity contribution in [2.24, 2.45) is 0 Å². The molecule has 2 aromatic carbocycles. The van der Waals surface area contributed by atoms with Gasteiger partial charge in [-0.2, -0.15) is 0 Å². The molecule has 0 spiro atoms. The van der Waals surface area contributed by atoms with Gasteiger partial charge in [0, 0.05) is 22.7 Å².